The van der Waals surface area contributed by atoms with E-state index in [2.05, 4.69) is 5.32 Å². The molecule has 7 heteroatoms. The van der Waals surface area contributed by atoms with E-state index in [1.807, 2.05) is 0 Å². The Morgan fingerprint density at radius 2 is 2.12 bits per heavy atom. The summed E-state index contributed by atoms with van der Waals surface area (Å²) >= 11 is 0. The molecule has 2 amide bonds. The quantitative estimate of drug-likeness (QED) is 0.505. The maximum absolute atomic E-state index is 12.7. The predicted octanol–water partition coefficient (Wildman–Crippen LogP) is -1.02. The molecule has 0 aliphatic heterocycles. The number of aliphatic hydroxyl groups excluding tert-OH is 1. The Balaban J connectivity index is 2.67. The highest BCUT2D eigenvalue weighted by atomic mass is 19.1. The zero-order valence-corrected chi connectivity index (χ0v) is 8.81. The molecular weight excluding hydrogens is 229 g/mol. The first kappa shape index (κ1) is 12.9. The molecule has 1 unspecified atom stereocenters. The number of carbonyl (C=O) groups is 2. The number of aliphatic hydroxyl groups is 1. The van der Waals surface area contributed by atoms with Crippen LogP contribution in [-0.4, -0.2) is 29.6 Å². The van der Waals surface area contributed by atoms with Crippen molar-refractivity contribution in [1.29, 1.82) is 0 Å². The summed E-state index contributed by atoms with van der Waals surface area (Å²) in [5.74, 6) is -2.13. The van der Waals surface area contributed by atoms with Gasteiger partial charge in [0.1, 0.15) is 11.9 Å². The number of nitrogens with two attached hydrogens (primary N) is 2. The summed E-state index contributed by atoms with van der Waals surface area (Å²) in [4.78, 5) is 22.0. The number of hydrogen-bond donors (Lipinski definition) is 4. The molecule has 0 bridgehead atoms. The third kappa shape index (κ3) is 3.42. The lowest BCUT2D eigenvalue weighted by Crippen LogP contribution is -2.40. The van der Waals surface area contributed by atoms with E-state index in [1.165, 1.54) is 6.07 Å². The number of primary amides is 1. The predicted molar refractivity (Wildman–Crippen MR) is 58.3 cm³/mol. The third-order valence-electron chi connectivity index (χ3n) is 2.04. The lowest BCUT2D eigenvalue weighted by Gasteiger charge is -2.09. The summed E-state index contributed by atoms with van der Waals surface area (Å²) in [6.07, 6.45) is -1.47. The zero-order valence-electron chi connectivity index (χ0n) is 8.81. The van der Waals surface area contributed by atoms with Gasteiger partial charge in [0.15, 0.2) is 0 Å². The first-order chi connectivity index (χ1) is 7.91. The summed E-state index contributed by atoms with van der Waals surface area (Å²) < 4.78 is 12.7. The Hall–Kier alpha value is -2.15. The summed E-state index contributed by atoms with van der Waals surface area (Å²) in [6, 6.07) is 3.28. The molecule has 0 aliphatic rings. The van der Waals surface area contributed by atoms with Crippen LogP contribution in [-0.2, 0) is 4.79 Å². The Labute approximate surface area is 96.4 Å². The van der Waals surface area contributed by atoms with E-state index < -0.39 is 23.7 Å². The normalized spacial score (nSPS) is 11.9. The van der Waals surface area contributed by atoms with Gasteiger partial charge in [0.2, 0.25) is 5.91 Å². The summed E-state index contributed by atoms with van der Waals surface area (Å²) in [5, 5.41) is 11.3. The molecule has 1 aromatic rings. The first-order valence-electron chi connectivity index (χ1n) is 4.72. The minimum absolute atomic E-state index is 0.0314. The van der Waals surface area contributed by atoms with Crippen LogP contribution in [0.2, 0.25) is 0 Å². The van der Waals surface area contributed by atoms with Crippen LogP contribution in [0, 0.1) is 5.82 Å². The van der Waals surface area contributed by atoms with Crippen molar-refractivity contribution in [2.24, 2.45) is 5.73 Å². The Bertz CT molecular complexity index is 450. The second kappa shape index (κ2) is 5.26. The number of amides is 2. The van der Waals surface area contributed by atoms with Crippen LogP contribution in [0.1, 0.15) is 10.4 Å². The topological polar surface area (TPSA) is 118 Å². The average Bonchev–Trinajstić information content (AvgIpc) is 2.25. The van der Waals surface area contributed by atoms with Crippen LogP contribution in [0.3, 0.4) is 0 Å². The molecule has 0 saturated carbocycles. The van der Waals surface area contributed by atoms with E-state index in [0.717, 1.165) is 12.1 Å². The van der Waals surface area contributed by atoms with Gasteiger partial charge in [0, 0.05) is 5.69 Å². The van der Waals surface area contributed by atoms with Crippen LogP contribution in [0.25, 0.3) is 0 Å². The van der Waals surface area contributed by atoms with Gasteiger partial charge < -0.3 is 21.9 Å². The van der Waals surface area contributed by atoms with Gasteiger partial charge in [-0.2, -0.15) is 0 Å². The van der Waals surface area contributed by atoms with Gasteiger partial charge in [-0.15, -0.1) is 0 Å². The minimum Gasteiger partial charge on any atom is -0.398 e. The van der Waals surface area contributed by atoms with Crippen molar-refractivity contribution in [3.63, 3.8) is 0 Å². The number of nitrogens with one attached hydrogen (secondary N) is 1. The van der Waals surface area contributed by atoms with Crippen LogP contribution < -0.4 is 16.8 Å². The molecule has 6 nitrogen and oxygen atoms in total. The van der Waals surface area contributed by atoms with Crippen molar-refractivity contribution in [1.82, 2.24) is 5.32 Å². The van der Waals surface area contributed by atoms with Gasteiger partial charge in [-0.05, 0) is 18.2 Å². The van der Waals surface area contributed by atoms with E-state index in [-0.39, 0.29) is 17.8 Å². The molecule has 0 radical (unpaired) electrons. The summed E-state index contributed by atoms with van der Waals surface area (Å²) in [5.41, 5.74) is 10.3. The summed E-state index contributed by atoms with van der Waals surface area (Å²) in [7, 11) is 0. The maximum atomic E-state index is 12.7. The highest BCUT2D eigenvalue weighted by molar-refractivity contribution is 5.99. The molecule has 0 spiro atoms. The molecule has 0 heterocycles. The number of nitrogen functional groups attached to an aromatic ring is 1. The highest BCUT2D eigenvalue weighted by Gasteiger charge is 2.14. The lowest BCUT2D eigenvalue weighted by molar-refractivity contribution is -0.125. The second-order valence-corrected chi connectivity index (χ2v) is 3.36. The molecule has 92 valence electrons. The molecular formula is C10H12FN3O3. The van der Waals surface area contributed by atoms with Crippen molar-refractivity contribution in [3.8, 4) is 0 Å². The number of hydrogen-bond acceptors (Lipinski definition) is 4. The monoisotopic (exact) mass is 241 g/mol. The average molecular weight is 241 g/mol. The zero-order chi connectivity index (χ0) is 13.0. The summed E-state index contributed by atoms with van der Waals surface area (Å²) in [6.45, 7) is -0.328. The number of benzene rings is 1. The van der Waals surface area contributed by atoms with E-state index in [1.54, 1.807) is 0 Å². The van der Waals surface area contributed by atoms with E-state index in [4.69, 9.17) is 16.6 Å². The first-order valence-corrected chi connectivity index (χ1v) is 4.72. The molecule has 6 N–H and O–H groups in total. The maximum Gasteiger partial charge on any atom is 0.253 e. The Kier molecular flexibility index (Phi) is 4.00. The van der Waals surface area contributed by atoms with Crippen molar-refractivity contribution in [2.75, 3.05) is 12.3 Å². The number of rotatable bonds is 4. The number of carbonyl (C=O) groups excluding carboxylic acids is 2. The van der Waals surface area contributed by atoms with Crippen molar-refractivity contribution in [2.45, 2.75) is 6.10 Å². The molecule has 0 aliphatic carbocycles. The number of halogens is 1. The lowest BCUT2D eigenvalue weighted by atomic mass is 10.1. The third-order valence-corrected chi connectivity index (χ3v) is 2.04. The molecule has 17 heavy (non-hydrogen) atoms. The largest absolute Gasteiger partial charge is 0.398 e. The van der Waals surface area contributed by atoms with Crippen LogP contribution >= 0.6 is 0 Å². The van der Waals surface area contributed by atoms with Crippen LogP contribution in [0.4, 0.5) is 10.1 Å². The van der Waals surface area contributed by atoms with Crippen LogP contribution in [0.5, 0.6) is 0 Å². The van der Waals surface area contributed by atoms with Gasteiger partial charge in [-0.25, -0.2) is 4.39 Å². The standard InChI is InChI=1S/C10H12FN3O3/c11-5-1-2-6(7(12)3-5)10(17)14-4-8(15)9(13)16/h1-3,8,15H,4,12H2,(H2,13,16)(H,14,17). The fourth-order valence-electron chi connectivity index (χ4n) is 1.13. The second-order valence-electron chi connectivity index (χ2n) is 3.36. The van der Waals surface area contributed by atoms with Gasteiger partial charge in [0.25, 0.3) is 5.91 Å². The molecule has 0 saturated heterocycles. The van der Waals surface area contributed by atoms with Crippen molar-refractivity contribution < 1.29 is 19.1 Å². The fourth-order valence-corrected chi connectivity index (χ4v) is 1.13. The Morgan fingerprint density at radius 1 is 1.47 bits per heavy atom. The van der Waals surface area contributed by atoms with Gasteiger partial charge in [0.05, 0.1) is 12.1 Å². The van der Waals surface area contributed by atoms with Gasteiger partial charge >= 0.3 is 0 Å². The van der Waals surface area contributed by atoms with E-state index in [9.17, 15) is 14.0 Å². The Morgan fingerprint density at radius 3 is 2.65 bits per heavy atom. The highest BCUT2D eigenvalue weighted by Crippen LogP contribution is 2.12. The molecule has 1 aromatic carbocycles. The van der Waals surface area contributed by atoms with E-state index in [0.29, 0.717) is 0 Å². The molecule has 0 fully saturated rings. The molecule has 1 atom stereocenters. The fraction of sp³-hybridized carbons (Fsp3) is 0.200. The minimum atomic E-state index is -1.47. The SMILES string of the molecule is NC(=O)C(O)CNC(=O)c1ccc(F)cc1N. The van der Waals surface area contributed by atoms with Crippen LogP contribution in [0.15, 0.2) is 18.2 Å². The molecule has 1 rings (SSSR count). The van der Waals surface area contributed by atoms with Gasteiger partial charge in [-0.1, -0.05) is 0 Å². The smallest absolute Gasteiger partial charge is 0.253 e. The van der Waals surface area contributed by atoms with Crippen molar-refractivity contribution >= 4 is 17.5 Å². The van der Waals surface area contributed by atoms with E-state index >= 15 is 0 Å². The molecule has 0 aromatic heterocycles. The number of anilines is 1. The van der Waals surface area contributed by atoms with Gasteiger partial charge in [-0.3, -0.25) is 9.59 Å². The van der Waals surface area contributed by atoms with Crippen molar-refractivity contribution in [3.05, 3.63) is 29.6 Å².